The highest BCUT2D eigenvalue weighted by molar-refractivity contribution is 6.18. The molecular formula is C31H28N6O3. The molecular weight excluding hydrogens is 504 g/mol. The summed E-state index contributed by atoms with van der Waals surface area (Å²) in [6, 6.07) is 23.1. The highest BCUT2D eigenvalue weighted by Crippen LogP contribution is 2.36. The van der Waals surface area contributed by atoms with Crippen LogP contribution in [-0.2, 0) is 0 Å². The van der Waals surface area contributed by atoms with Gasteiger partial charge in [0.2, 0.25) is 0 Å². The van der Waals surface area contributed by atoms with Crippen molar-refractivity contribution in [2.24, 2.45) is 0 Å². The highest BCUT2D eigenvalue weighted by atomic mass is 16.5. The number of rotatable bonds is 7. The first-order valence-electron chi connectivity index (χ1n) is 13.2. The Labute approximate surface area is 231 Å². The van der Waals surface area contributed by atoms with Crippen LogP contribution in [0.4, 0.5) is 22.0 Å². The van der Waals surface area contributed by atoms with Crippen molar-refractivity contribution in [3.05, 3.63) is 103 Å². The summed E-state index contributed by atoms with van der Waals surface area (Å²) in [5, 5.41) is 6.20. The average Bonchev–Trinajstić information content (AvgIpc) is 3.63. The number of hydrogen-bond acceptors (Lipinski definition) is 6. The fourth-order valence-corrected chi connectivity index (χ4v) is 5.19. The molecule has 4 N–H and O–H groups in total. The van der Waals surface area contributed by atoms with Gasteiger partial charge in [-0.3, -0.25) is 4.79 Å². The standard InChI is InChI=1S/C31H28N6O3/c32-29-27-24(18-37(22-11-4-5-12-22)30(27)34-19-33-29)28(38)20-9-8-10-21(17-20)35-31(39)36-25-15-6-7-16-26(25)40-23-13-2-1-3-14-23/h1-3,6-10,13-19,22H,4-5,11-12H2,(H2,32,33,34)(H2,35,36,39). The van der Waals surface area contributed by atoms with Crippen molar-refractivity contribution in [1.82, 2.24) is 14.5 Å². The summed E-state index contributed by atoms with van der Waals surface area (Å²) < 4.78 is 8.00. The van der Waals surface area contributed by atoms with Crippen molar-refractivity contribution in [1.29, 1.82) is 0 Å². The minimum Gasteiger partial charge on any atom is -0.455 e. The van der Waals surface area contributed by atoms with Gasteiger partial charge in [0.15, 0.2) is 11.5 Å². The maximum atomic E-state index is 13.7. The second-order valence-corrected chi connectivity index (χ2v) is 9.75. The second kappa shape index (κ2) is 10.9. The molecule has 0 unspecified atom stereocenters. The topological polar surface area (TPSA) is 124 Å². The summed E-state index contributed by atoms with van der Waals surface area (Å²) in [4.78, 5) is 35.2. The summed E-state index contributed by atoms with van der Waals surface area (Å²) >= 11 is 0. The number of urea groups is 1. The molecule has 2 amide bonds. The maximum absolute atomic E-state index is 13.7. The Hall–Kier alpha value is -5.18. The van der Waals surface area contributed by atoms with E-state index in [1.807, 2.05) is 48.7 Å². The minimum absolute atomic E-state index is 0.214. The molecule has 6 rings (SSSR count). The minimum atomic E-state index is -0.468. The third-order valence-corrected chi connectivity index (χ3v) is 7.09. The highest BCUT2D eigenvalue weighted by Gasteiger charge is 2.25. The van der Waals surface area contributed by atoms with Gasteiger partial charge in [-0.2, -0.15) is 0 Å². The van der Waals surface area contributed by atoms with E-state index in [1.165, 1.54) is 6.33 Å². The first kappa shape index (κ1) is 25.1. The zero-order valence-electron chi connectivity index (χ0n) is 21.7. The lowest BCUT2D eigenvalue weighted by Crippen LogP contribution is -2.20. The van der Waals surface area contributed by atoms with E-state index >= 15 is 0 Å². The van der Waals surface area contributed by atoms with Crippen molar-refractivity contribution in [3.8, 4) is 11.5 Å². The molecule has 9 heteroatoms. The number of nitrogens with zero attached hydrogens (tertiary/aromatic N) is 3. The van der Waals surface area contributed by atoms with E-state index in [4.69, 9.17) is 10.5 Å². The van der Waals surface area contributed by atoms with E-state index in [0.717, 1.165) is 25.7 Å². The smallest absolute Gasteiger partial charge is 0.323 e. The van der Waals surface area contributed by atoms with E-state index < -0.39 is 6.03 Å². The van der Waals surface area contributed by atoms with Crippen molar-refractivity contribution >= 4 is 40.0 Å². The number of nitrogens with two attached hydrogens (primary N) is 1. The van der Waals surface area contributed by atoms with Gasteiger partial charge < -0.3 is 25.7 Å². The molecule has 5 aromatic rings. The number of carbonyl (C=O) groups is 2. The van der Waals surface area contributed by atoms with Gasteiger partial charge in [0, 0.05) is 23.5 Å². The molecule has 0 bridgehead atoms. The number of hydrogen-bond donors (Lipinski definition) is 3. The van der Waals surface area contributed by atoms with Crippen molar-refractivity contribution < 1.29 is 14.3 Å². The first-order valence-corrected chi connectivity index (χ1v) is 13.2. The Bertz CT molecular complexity index is 1690. The molecule has 1 aliphatic carbocycles. The van der Waals surface area contributed by atoms with Crippen LogP contribution >= 0.6 is 0 Å². The van der Waals surface area contributed by atoms with Crippen molar-refractivity contribution in [3.63, 3.8) is 0 Å². The van der Waals surface area contributed by atoms with Gasteiger partial charge in [0.1, 0.15) is 23.5 Å². The van der Waals surface area contributed by atoms with E-state index in [1.54, 1.807) is 36.4 Å². The number of nitrogens with one attached hydrogen (secondary N) is 2. The second-order valence-electron chi connectivity index (χ2n) is 9.75. The number of anilines is 3. The van der Waals surface area contributed by atoms with Crippen LogP contribution in [0.5, 0.6) is 11.5 Å². The molecule has 2 heterocycles. The first-order chi connectivity index (χ1) is 19.6. The van der Waals surface area contributed by atoms with Crippen LogP contribution in [0.2, 0.25) is 0 Å². The van der Waals surface area contributed by atoms with E-state index in [-0.39, 0.29) is 17.6 Å². The normalized spacial score (nSPS) is 13.3. The number of benzene rings is 3. The molecule has 40 heavy (non-hydrogen) atoms. The summed E-state index contributed by atoms with van der Waals surface area (Å²) in [5.41, 5.74) is 8.74. The van der Waals surface area contributed by atoms with Crippen LogP contribution in [0.15, 0.2) is 91.4 Å². The number of amides is 2. The van der Waals surface area contributed by atoms with Gasteiger partial charge in [0.05, 0.1) is 16.6 Å². The monoisotopic (exact) mass is 532 g/mol. The number of ketones is 1. The predicted molar refractivity (Wildman–Crippen MR) is 155 cm³/mol. The van der Waals surface area contributed by atoms with Gasteiger partial charge >= 0.3 is 6.03 Å². The Morgan fingerprint density at radius 1 is 0.900 bits per heavy atom. The molecule has 9 nitrogen and oxygen atoms in total. The quantitative estimate of drug-likeness (QED) is 0.198. The molecule has 1 fully saturated rings. The van der Waals surface area contributed by atoms with Crippen molar-refractivity contribution in [2.75, 3.05) is 16.4 Å². The SMILES string of the molecule is Nc1ncnc2c1c(C(=O)c1cccc(NC(=O)Nc3ccccc3Oc3ccccc3)c1)cn2C1CCCC1. The molecule has 200 valence electrons. The summed E-state index contributed by atoms with van der Waals surface area (Å²) in [5.74, 6) is 1.22. The lowest BCUT2D eigenvalue weighted by molar-refractivity contribution is 0.104. The van der Waals surface area contributed by atoms with Crippen molar-refractivity contribution in [2.45, 2.75) is 31.7 Å². The molecule has 0 atom stereocenters. The molecule has 0 spiro atoms. The summed E-state index contributed by atoms with van der Waals surface area (Å²) in [6.45, 7) is 0. The van der Waals surface area contributed by atoms with Gasteiger partial charge in [-0.1, -0.05) is 55.3 Å². The van der Waals surface area contributed by atoms with E-state index in [9.17, 15) is 9.59 Å². The number of ether oxygens (including phenoxy) is 1. The number of carbonyl (C=O) groups excluding carboxylic acids is 2. The number of fused-ring (bicyclic) bond motifs is 1. The third kappa shape index (κ3) is 5.09. The molecule has 1 aliphatic rings. The predicted octanol–water partition coefficient (Wildman–Crippen LogP) is 6.80. The zero-order chi connectivity index (χ0) is 27.5. The fraction of sp³-hybridized carbons (Fsp3) is 0.161. The van der Waals surface area contributed by atoms with Gasteiger partial charge in [-0.25, -0.2) is 14.8 Å². The van der Waals surface area contributed by atoms with Crippen LogP contribution in [0.3, 0.4) is 0 Å². The summed E-state index contributed by atoms with van der Waals surface area (Å²) in [6.07, 6.45) is 7.65. The molecule has 0 aliphatic heterocycles. The van der Waals surface area contributed by atoms with E-state index in [0.29, 0.717) is 45.0 Å². The van der Waals surface area contributed by atoms with Gasteiger partial charge in [-0.05, 0) is 49.2 Å². The lowest BCUT2D eigenvalue weighted by Gasteiger charge is -2.13. The van der Waals surface area contributed by atoms with Gasteiger partial charge in [-0.15, -0.1) is 0 Å². The average molecular weight is 533 g/mol. The molecule has 0 radical (unpaired) electrons. The summed E-state index contributed by atoms with van der Waals surface area (Å²) in [7, 11) is 0. The van der Waals surface area contributed by atoms with E-state index in [2.05, 4.69) is 25.2 Å². The number of para-hydroxylation sites is 3. The zero-order valence-corrected chi connectivity index (χ0v) is 21.7. The number of aromatic nitrogens is 3. The number of nitrogen functional groups attached to an aromatic ring is 1. The van der Waals surface area contributed by atoms with Crippen LogP contribution in [-0.4, -0.2) is 26.3 Å². The van der Waals surface area contributed by atoms with Crippen LogP contribution in [0.1, 0.15) is 47.6 Å². The maximum Gasteiger partial charge on any atom is 0.323 e. The Morgan fingerprint density at radius 3 is 2.50 bits per heavy atom. The van der Waals surface area contributed by atoms with Crippen LogP contribution in [0.25, 0.3) is 11.0 Å². The fourth-order valence-electron chi connectivity index (χ4n) is 5.19. The Morgan fingerprint density at radius 2 is 1.68 bits per heavy atom. The molecule has 0 saturated heterocycles. The Balaban J connectivity index is 1.22. The molecule has 2 aromatic heterocycles. The molecule has 1 saturated carbocycles. The third-order valence-electron chi connectivity index (χ3n) is 7.09. The van der Waals surface area contributed by atoms with Crippen LogP contribution < -0.4 is 21.1 Å². The Kier molecular flexibility index (Phi) is 6.84. The van der Waals surface area contributed by atoms with Gasteiger partial charge in [0.25, 0.3) is 0 Å². The lowest BCUT2D eigenvalue weighted by atomic mass is 10.0. The van der Waals surface area contributed by atoms with Crippen LogP contribution in [0, 0.1) is 0 Å². The largest absolute Gasteiger partial charge is 0.455 e. The molecule has 3 aromatic carbocycles.